The molecule has 30 heavy (non-hydrogen) atoms. The summed E-state index contributed by atoms with van der Waals surface area (Å²) in [4.78, 5) is 40.2. The number of benzene rings is 2. The summed E-state index contributed by atoms with van der Waals surface area (Å²) in [6.45, 7) is 0.631. The Balaban J connectivity index is 1.62. The first-order chi connectivity index (χ1) is 14.6. The summed E-state index contributed by atoms with van der Waals surface area (Å²) in [5.74, 6) is -1.02. The van der Waals surface area contributed by atoms with Crippen LogP contribution in [0.1, 0.15) is 42.4 Å². The van der Waals surface area contributed by atoms with Crippen molar-refractivity contribution < 1.29 is 19.1 Å². The number of carbonyl (C=O) groups is 3. The van der Waals surface area contributed by atoms with E-state index >= 15 is 0 Å². The van der Waals surface area contributed by atoms with Gasteiger partial charge < -0.3 is 15.0 Å². The number of thiophene rings is 1. The Morgan fingerprint density at radius 2 is 1.83 bits per heavy atom. The molecule has 0 unspecified atom stereocenters. The number of nitrogens with zero attached hydrogens (tertiary/aromatic N) is 1. The van der Waals surface area contributed by atoms with Gasteiger partial charge in [0.1, 0.15) is 0 Å². The van der Waals surface area contributed by atoms with E-state index in [9.17, 15) is 14.4 Å². The molecule has 0 aliphatic carbocycles. The zero-order chi connectivity index (χ0) is 21.1. The molecule has 0 atom stereocenters. The van der Waals surface area contributed by atoms with E-state index < -0.39 is 11.9 Å². The lowest BCUT2D eigenvalue weighted by molar-refractivity contribution is 0.0597. The molecule has 1 N–H and O–H groups in total. The zero-order valence-corrected chi connectivity index (χ0v) is 17.2. The normalized spacial score (nSPS) is 12.8. The SMILES string of the molecule is COC(=O)c1ccccc1C(=O)Nc1ccc2c(c1)N(C(=O)c1cccs1)CCC2. The first-order valence-corrected chi connectivity index (χ1v) is 10.4. The van der Waals surface area contributed by atoms with Crippen molar-refractivity contribution in [1.82, 2.24) is 0 Å². The number of esters is 1. The highest BCUT2D eigenvalue weighted by Crippen LogP contribution is 2.32. The first-order valence-electron chi connectivity index (χ1n) is 9.55. The van der Waals surface area contributed by atoms with Crippen molar-refractivity contribution in [2.24, 2.45) is 0 Å². The van der Waals surface area contributed by atoms with Gasteiger partial charge in [0.25, 0.3) is 11.8 Å². The van der Waals surface area contributed by atoms with Crippen LogP contribution in [0, 0.1) is 0 Å². The van der Waals surface area contributed by atoms with E-state index in [0.717, 1.165) is 24.1 Å². The lowest BCUT2D eigenvalue weighted by Gasteiger charge is -2.29. The third kappa shape index (κ3) is 3.84. The first kappa shape index (κ1) is 19.8. The standard InChI is InChI=1S/C23H20N2O4S/c1-29-23(28)18-8-3-2-7-17(18)21(26)24-16-11-10-15-6-4-12-25(19(15)14-16)22(27)20-9-5-13-30-20/h2-3,5,7-11,13-14H,4,6,12H2,1H3,(H,24,26). The smallest absolute Gasteiger partial charge is 0.338 e. The molecule has 2 aromatic carbocycles. The Labute approximate surface area is 178 Å². The van der Waals surface area contributed by atoms with Gasteiger partial charge in [-0.1, -0.05) is 24.3 Å². The summed E-state index contributed by atoms with van der Waals surface area (Å²) in [5, 5.41) is 4.72. The van der Waals surface area contributed by atoms with E-state index in [1.54, 1.807) is 29.2 Å². The van der Waals surface area contributed by atoms with Crippen molar-refractivity contribution in [2.75, 3.05) is 23.9 Å². The van der Waals surface area contributed by atoms with Gasteiger partial charge in [0.15, 0.2) is 0 Å². The number of anilines is 2. The molecule has 0 fully saturated rings. The minimum absolute atomic E-state index is 0.0366. The van der Waals surface area contributed by atoms with Crippen molar-refractivity contribution in [3.05, 3.63) is 81.5 Å². The molecule has 7 heteroatoms. The maximum Gasteiger partial charge on any atom is 0.338 e. The minimum atomic E-state index is -0.570. The number of nitrogens with one attached hydrogen (secondary N) is 1. The number of ether oxygens (including phenoxy) is 1. The van der Waals surface area contributed by atoms with Crippen molar-refractivity contribution in [3.8, 4) is 0 Å². The molecule has 1 aromatic heterocycles. The summed E-state index contributed by atoms with van der Waals surface area (Å²) in [5.41, 5.74) is 2.86. The van der Waals surface area contributed by atoms with Gasteiger partial charge >= 0.3 is 5.97 Å². The highest BCUT2D eigenvalue weighted by Gasteiger charge is 2.25. The predicted octanol–water partition coefficient (Wildman–Crippen LogP) is 4.38. The van der Waals surface area contributed by atoms with E-state index in [4.69, 9.17) is 4.74 Å². The monoisotopic (exact) mass is 420 g/mol. The van der Waals surface area contributed by atoms with Crippen molar-refractivity contribution in [1.29, 1.82) is 0 Å². The number of aryl methyl sites for hydroxylation is 1. The average Bonchev–Trinajstić information content (AvgIpc) is 3.32. The van der Waals surface area contributed by atoms with Gasteiger partial charge in [0.05, 0.1) is 23.1 Å². The van der Waals surface area contributed by atoms with E-state index in [0.29, 0.717) is 17.1 Å². The fraction of sp³-hybridized carbons (Fsp3) is 0.174. The maximum absolute atomic E-state index is 12.9. The van der Waals surface area contributed by atoms with E-state index in [1.165, 1.54) is 18.4 Å². The van der Waals surface area contributed by atoms with Gasteiger partial charge in [-0.2, -0.15) is 0 Å². The summed E-state index contributed by atoms with van der Waals surface area (Å²) in [7, 11) is 1.28. The molecule has 3 aromatic rings. The summed E-state index contributed by atoms with van der Waals surface area (Å²) in [6, 6.07) is 15.7. The molecule has 1 aliphatic heterocycles. The fourth-order valence-corrected chi connectivity index (χ4v) is 4.24. The molecule has 0 saturated heterocycles. The molecular formula is C23H20N2O4S. The van der Waals surface area contributed by atoms with Crippen LogP contribution in [0.15, 0.2) is 60.0 Å². The lowest BCUT2D eigenvalue weighted by atomic mass is 10.0. The van der Waals surface area contributed by atoms with Crippen LogP contribution in [0.5, 0.6) is 0 Å². The molecule has 6 nitrogen and oxygen atoms in total. The molecule has 0 spiro atoms. The van der Waals surface area contributed by atoms with E-state index in [-0.39, 0.29) is 17.0 Å². The van der Waals surface area contributed by atoms with Crippen molar-refractivity contribution in [2.45, 2.75) is 12.8 Å². The Hall–Kier alpha value is -3.45. The molecular weight excluding hydrogens is 400 g/mol. The van der Waals surface area contributed by atoms with Crippen LogP contribution in [0.25, 0.3) is 0 Å². The molecule has 0 radical (unpaired) electrons. The highest BCUT2D eigenvalue weighted by atomic mass is 32.1. The second-order valence-corrected chi connectivity index (χ2v) is 7.82. The average molecular weight is 420 g/mol. The zero-order valence-electron chi connectivity index (χ0n) is 16.4. The van der Waals surface area contributed by atoms with Crippen LogP contribution < -0.4 is 10.2 Å². The van der Waals surface area contributed by atoms with Crippen LogP contribution in [0.3, 0.4) is 0 Å². The number of methoxy groups -OCH3 is 1. The maximum atomic E-state index is 12.9. The van der Waals surface area contributed by atoms with E-state index in [1.807, 2.05) is 35.7 Å². The van der Waals surface area contributed by atoms with Gasteiger partial charge in [-0.25, -0.2) is 4.79 Å². The second kappa shape index (κ2) is 8.51. The molecule has 4 rings (SSSR count). The third-order valence-corrected chi connectivity index (χ3v) is 5.87. The molecule has 152 valence electrons. The highest BCUT2D eigenvalue weighted by molar-refractivity contribution is 7.12. The van der Waals surface area contributed by atoms with Gasteiger partial charge in [0.2, 0.25) is 0 Å². The van der Waals surface area contributed by atoms with Crippen LogP contribution >= 0.6 is 11.3 Å². The number of fused-ring (bicyclic) bond motifs is 1. The van der Waals surface area contributed by atoms with Gasteiger partial charge in [-0.05, 0) is 54.1 Å². The number of hydrogen-bond donors (Lipinski definition) is 1. The Morgan fingerprint density at radius 1 is 1.03 bits per heavy atom. The second-order valence-electron chi connectivity index (χ2n) is 6.87. The Kier molecular flexibility index (Phi) is 5.63. The topological polar surface area (TPSA) is 75.7 Å². The van der Waals surface area contributed by atoms with Crippen LogP contribution in [0.2, 0.25) is 0 Å². The van der Waals surface area contributed by atoms with Gasteiger partial charge in [-0.15, -0.1) is 11.3 Å². The van der Waals surface area contributed by atoms with Crippen LogP contribution in [0.4, 0.5) is 11.4 Å². The summed E-state index contributed by atoms with van der Waals surface area (Å²) >= 11 is 1.41. The molecule has 0 saturated carbocycles. The lowest BCUT2D eigenvalue weighted by Crippen LogP contribution is -2.35. The summed E-state index contributed by atoms with van der Waals surface area (Å²) < 4.78 is 4.77. The largest absolute Gasteiger partial charge is 0.465 e. The summed E-state index contributed by atoms with van der Waals surface area (Å²) in [6.07, 6.45) is 1.77. The van der Waals surface area contributed by atoms with Crippen molar-refractivity contribution in [3.63, 3.8) is 0 Å². The van der Waals surface area contributed by atoms with Crippen LogP contribution in [-0.2, 0) is 11.2 Å². The Morgan fingerprint density at radius 3 is 2.57 bits per heavy atom. The number of hydrogen-bond acceptors (Lipinski definition) is 5. The molecule has 2 heterocycles. The molecule has 0 bridgehead atoms. The van der Waals surface area contributed by atoms with E-state index in [2.05, 4.69) is 5.32 Å². The van der Waals surface area contributed by atoms with Gasteiger partial charge in [0, 0.05) is 17.9 Å². The predicted molar refractivity (Wildman–Crippen MR) is 116 cm³/mol. The quantitative estimate of drug-likeness (QED) is 0.636. The van der Waals surface area contributed by atoms with Gasteiger partial charge in [-0.3, -0.25) is 9.59 Å². The minimum Gasteiger partial charge on any atom is -0.465 e. The number of carbonyl (C=O) groups excluding carboxylic acids is 3. The Bertz CT molecular complexity index is 1110. The van der Waals surface area contributed by atoms with Crippen LogP contribution in [-0.4, -0.2) is 31.4 Å². The molecule has 1 aliphatic rings. The fourth-order valence-electron chi connectivity index (χ4n) is 3.56. The third-order valence-electron chi connectivity index (χ3n) is 5.02. The van der Waals surface area contributed by atoms with Crippen molar-refractivity contribution >= 4 is 40.5 Å². The molecule has 2 amide bonds. The number of rotatable bonds is 4. The number of amides is 2.